The number of hydrogen-bond donors (Lipinski definition) is 2. The normalized spacial score (nSPS) is 15.0. The van der Waals surface area contributed by atoms with Crippen molar-refractivity contribution in [3.8, 4) is 0 Å². The zero-order valence-electron chi connectivity index (χ0n) is 14.7. The van der Waals surface area contributed by atoms with Gasteiger partial charge in [-0.1, -0.05) is 12.1 Å². The Labute approximate surface area is 153 Å². The Hall–Kier alpha value is -2.64. The lowest BCUT2D eigenvalue weighted by Crippen LogP contribution is -2.21. The number of nitrogens with two attached hydrogens (primary N) is 1. The van der Waals surface area contributed by atoms with E-state index in [1.807, 2.05) is 24.3 Å². The highest BCUT2D eigenvalue weighted by Crippen LogP contribution is 2.34. The second-order valence-corrected chi connectivity index (χ2v) is 7.59. The van der Waals surface area contributed by atoms with Gasteiger partial charge in [0.15, 0.2) is 0 Å². The van der Waals surface area contributed by atoms with Crippen LogP contribution in [0.2, 0.25) is 0 Å². The Morgan fingerprint density at radius 3 is 2.31 bits per heavy atom. The number of benzene rings is 2. The maximum absolute atomic E-state index is 12.3. The first kappa shape index (κ1) is 18.2. The van der Waals surface area contributed by atoms with E-state index in [2.05, 4.69) is 24.1 Å². The number of rotatable bonds is 5. The summed E-state index contributed by atoms with van der Waals surface area (Å²) in [7, 11) is -3.83. The molecule has 1 aliphatic heterocycles. The van der Waals surface area contributed by atoms with Crippen molar-refractivity contribution in [2.24, 2.45) is 5.14 Å². The highest BCUT2D eigenvalue weighted by Gasteiger charge is 2.25. The molecule has 0 radical (unpaired) electrons. The van der Waals surface area contributed by atoms with Gasteiger partial charge in [0.2, 0.25) is 10.0 Å². The molecular formula is C19H21N3O3S. The highest BCUT2D eigenvalue weighted by molar-refractivity contribution is 7.89. The summed E-state index contributed by atoms with van der Waals surface area (Å²) >= 11 is 0. The van der Waals surface area contributed by atoms with Crippen LogP contribution in [0.1, 0.15) is 25.0 Å². The molecule has 3 N–H and O–H groups in total. The van der Waals surface area contributed by atoms with Gasteiger partial charge in [-0.3, -0.25) is 4.79 Å². The average molecular weight is 371 g/mol. The minimum absolute atomic E-state index is 0.0180. The molecule has 136 valence electrons. The zero-order chi connectivity index (χ0) is 18.9. The summed E-state index contributed by atoms with van der Waals surface area (Å²) in [5.74, 6) is -0.264. The maximum Gasteiger partial charge on any atom is 0.256 e. The zero-order valence-corrected chi connectivity index (χ0v) is 15.5. The molecule has 6 nitrogen and oxygen atoms in total. The largest absolute Gasteiger partial charge is 0.372 e. The molecule has 2 aromatic rings. The fourth-order valence-corrected chi connectivity index (χ4v) is 3.56. The molecule has 2 aromatic carbocycles. The number of sulfonamides is 1. The summed E-state index contributed by atoms with van der Waals surface area (Å²) in [5.41, 5.74) is 3.51. The van der Waals surface area contributed by atoms with Gasteiger partial charge in [-0.05, 0) is 55.8 Å². The van der Waals surface area contributed by atoms with Crippen molar-refractivity contribution in [3.63, 3.8) is 0 Å². The third-order valence-corrected chi connectivity index (χ3v) is 5.35. The molecule has 0 unspecified atom stereocenters. The predicted octanol–water partition coefficient (Wildman–Crippen LogP) is 2.67. The summed E-state index contributed by atoms with van der Waals surface area (Å²) in [6, 6.07) is 12.3. The van der Waals surface area contributed by atoms with Crippen LogP contribution >= 0.6 is 0 Å². The number of hydrogen-bond acceptors (Lipinski definition) is 4. The standard InChI is InChI=1S/C19H21N3O3S/c1-3-22(4-2)14-7-5-13(6-8-14)11-17-16-12-15(26(20,24)25)9-10-18(16)21-19(17)23/h5-12H,3-4H2,1-2H3,(H,21,23)(H2,20,24,25)/b17-11-. The Morgan fingerprint density at radius 1 is 1.08 bits per heavy atom. The third-order valence-electron chi connectivity index (χ3n) is 4.44. The SMILES string of the molecule is CCN(CC)c1ccc(/C=C2\C(=O)Nc3ccc(S(N)(=O)=O)cc32)cc1. The number of nitrogens with one attached hydrogen (secondary N) is 1. The molecule has 7 heteroatoms. The topological polar surface area (TPSA) is 92.5 Å². The molecule has 1 heterocycles. The Kier molecular flexibility index (Phi) is 4.84. The van der Waals surface area contributed by atoms with Gasteiger partial charge in [0.1, 0.15) is 0 Å². The minimum atomic E-state index is -3.83. The number of nitrogens with zero attached hydrogens (tertiary/aromatic N) is 1. The van der Waals surface area contributed by atoms with Gasteiger partial charge < -0.3 is 10.2 Å². The van der Waals surface area contributed by atoms with Crippen molar-refractivity contribution in [1.29, 1.82) is 0 Å². The van der Waals surface area contributed by atoms with Crippen LogP contribution in [0.4, 0.5) is 11.4 Å². The number of primary sulfonamides is 1. The van der Waals surface area contributed by atoms with Crippen LogP contribution in [0, 0.1) is 0 Å². The van der Waals surface area contributed by atoms with Crippen LogP contribution in [0.5, 0.6) is 0 Å². The number of amides is 1. The van der Waals surface area contributed by atoms with E-state index in [1.165, 1.54) is 12.1 Å². The van der Waals surface area contributed by atoms with Crippen molar-refractivity contribution in [3.05, 3.63) is 53.6 Å². The predicted molar refractivity (Wildman–Crippen MR) is 104 cm³/mol. The number of carbonyl (C=O) groups is 1. The monoisotopic (exact) mass is 371 g/mol. The molecule has 1 amide bonds. The molecule has 0 atom stereocenters. The van der Waals surface area contributed by atoms with Gasteiger partial charge in [-0.25, -0.2) is 13.6 Å². The first-order chi connectivity index (χ1) is 12.3. The lowest BCUT2D eigenvalue weighted by molar-refractivity contribution is -0.110. The second kappa shape index (κ2) is 6.93. The molecule has 3 rings (SSSR count). The van der Waals surface area contributed by atoms with Gasteiger partial charge in [0, 0.05) is 35.6 Å². The lowest BCUT2D eigenvalue weighted by atomic mass is 10.0. The fourth-order valence-electron chi connectivity index (χ4n) is 3.02. The molecule has 0 spiro atoms. The molecule has 0 aliphatic carbocycles. The average Bonchev–Trinajstić information content (AvgIpc) is 2.91. The highest BCUT2D eigenvalue weighted by atomic mass is 32.2. The molecular weight excluding hydrogens is 350 g/mol. The molecule has 0 saturated heterocycles. The number of anilines is 2. The van der Waals surface area contributed by atoms with Crippen molar-refractivity contribution in [1.82, 2.24) is 0 Å². The molecule has 0 aromatic heterocycles. The van der Waals surface area contributed by atoms with Gasteiger partial charge >= 0.3 is 0 Å². The van der Waals surface area contributed by atoms with Crippen molar-refractivity contribution >= 4 is 39.0 Å². The Balaban J connectivity index is 1.99. The Bertz CT molecular complexity index is 976. The van der Waals surface area contributed by atoms with E-state index in [-0.39, 0.29) is 10.8 Å². The van der Waals surface area contributed by atoms with E-state index in [4.69, 9.17) is 5.14 Å². The summed E-state index contributed by atoms with van der Waals surface area (Å²) in [4.78, 5) is 14.5. The van der Waals surface area contributed by atoms with E-state index < -0.39 is 10.0 Å². The van der Waals surface area contributed by atoms with Gasteiger partial charge in [-0.15, -0.1) is 0 Å². The van der Waals surface area contributed by atoms with E-state index >= 15 is 0 Å². The van der Waals surface area contributed by atoms with Crippen LogP contribution in [0.25, 0.3) is 11.6 Å². The summed E-state index contributed by atoms with van der Waals surface area (Å²) in [6.45, 7) is 6.04. The van der Waals surface area contributed by atoms with Gasteiger partial charge in [-0.2, -0.15) is 0 Å². The first-order valence-electron chi connectivity index (χ1n) is 8.38. The third kappa shape index (κ3) is 3.49. The van der Waals surface area contributed by atoms with Crippen LogP contribution in [-0.2, 0) is 14.8 Å². The van der Waals surface area contributed by atoms with Crippen LogP contribution in [0.15, 0.2) is 47.4 Å². The molecule has 0 saturated carbocycles. The smallest absolute Gasteiger partial charge is 0.256 e. The van der Waals surface area contributed by atoms with E-state index in [0.29, 0.717) is 16.8 Å². The molecule has 0 fully saturated rings. The van der Waals surface area contributed by atoms with E-state index in [9.17, 15) is 13.2 Å². The fraction of sp³-hybridized carbons (Fsp3) is 0.211. The van der Waals surface area contributed by atoms with Gasteiger partial charge in [0.05, 0.1) is 4.90 Å². The first-order valence-corrected chi connectivity index (χ1v) is 9.93. The van der Waals surface area contributed by atoms with Gasteiger partial charge in [0.25, 0.3) is 5.91 Å². The number of carbonyl (C=O) groups excluding carboxylic acids is 1. The second-order valence-electron chi connectivity index (χ2n) is 6.03. The van der Waals surface area contributed by atoms with E-state index in [0.717, 1.165) is 24.3 Å². The van der Waals surface area contributed by atoms with Crippen molar-refractivity contribution in [2.45, 2.75) is 18.7 Å². The summed E-state index contributed by atoms with van der Waals surface area (Å²) in [6.07, 6.45) is 1.75. The number of fused-ring (bicyclic) bond motifs is 1. The quantitative estimate of drug-likeness (QED) is 0.791. The molecule has 26 heavy (non-hydrogen) atoms. The van der Waals surface area contributed by atoms with E-state index in [1.54, 1.807) is 12.1 Å². The van der Waals surface area contributed by atoms with Crippen molar-refractivity contribution in [2.75, 3.05) is 23.3 Å². The summed E-state index contributed by atoms with van der Waals surface area (Å²) in [5, 5.41) is 7.94. The lowest BCUT2D eigenvalue weighted by Gasteiger charge is -2.20. The van der Waals surface area contributed by atoms with Crippen LogP contribution in [-0.4, -0.2) is 27.4 Å². The molecule has 1 aliphatic rings. The molecule has 0 bridgehead atoms. The minimum Gasteiger partial charge on any atom is -0.372 e. The van der Waals surface area contributed by atoms with Crippen LogP contribution in [0.3, 0.4) is 0 Å². The Morgan fingerprint density at radius 2 is 1.73 bits per heavy atom. The van der Waals surface area contributed by atoms with Crippen molar-refractivity contribution < 1.29 is 13.2 Å². The van der Waals surface area contributed by atoms with Crippen LogP contribution < -0.4 is 15.4 Å². The summed E-state index contributed by atoms with van der Waals surface area (Å²) < 4.78 is 23.2. The maximum atomic E-state index is 12.3.